The van der Waals surface area contributed by atoms with E-state index in [0.717, 1.165) is 24.1 Å². The van der Waals surface area contributed by atoms with Gasteiger partial charge in [-0.15, -0.1) is 0 Å². The van der Waals surface area contributed by atoms with Crippen molar-refractivity contribution in [3.05, 3.63) is 34.6 Å². The van der Waals surface area contributed by atoms with Crippen LogP contribution in [0.2, 0.25) is 0 Å². The third-order valence-corrected chi connectivity index (χ3v) is 4.17. The molecule has 0 saturated heterocycles. The van der Waals surface area contributed by atoms with E-state index in [2.05, 4.69) is 26.1 Å². The summed E-state index contributed by atoms with van der Waals surface area (Å²) in [5.74, 6) is 0.560. The Labute approximate surface area is 124 Å². The number of hydrogen-bond donors (Lipinski definition) is 1. The molecule has 0 aliphatic rings. The molecule has 0 fully saturated rings. The predicted octanol–water partition coefficient (Wildman–Crippen LogP) is 5.31. The van der Waals surface area contributed by atoms with Gasteiger partial charge < -0.3 is 5.32 Å². The molecule has 0 saturated carbocycles. The van der Waals surface area contributed by atoms with Crippen LogP contribution in [0.25, 0.3) is 0 Å². The summed E-state index contributed by atoms with van der Waals surface area (Å²) >= 11 is 0. The van der Waals surface area contributed by atoms with Crippen LogP contribution in [0.1, 0.15) is 69.2 Å². The summed E-state index contributed by atoms with van der Waals surface area (Å²) < 4.78 is 13.8. The van der Waals surface area contributed by atoms with Crippen LogP contribution in [0.3, 0.4) is 0 Å². The predicted molar refractivity (Wildman–Crippen MR) is 85.6 cm³/mol. The normalized spacial score (nSPS) is 14.3. The van der Waals surface area contributed by atoms with Gasteiger partial charge in [0.15, 0.2) is 0 Å². The second kappa shape index (κ2) is 8.41. The Bertz CT molecular complexity index is 391. The lowest BCUT2D eigenvalue weighted by Crippen LogP contribution is -2.28. The van der Waals surface area contributed by atoms with Gasteiger partial charge in [0.05, 0.1) is 0 Å². The topological polar surface area (TPSA) is 12.0 Å². The number of benzene rings is 1. The minimum absolute atomic E-state index is 0.0643. The third kappa shape index (κ3) is 4.31. The van der Waals surface area contributed by atoms with Crippen molar-refractivity contribution in [2.45, 2.75) is 66.3 Å². The SMILES string of the molecule is CCCCC(CC)C(NCC)c1cc(C)c(F)c(C)c1. The second-order valence-electron chi connectivity index (χ2n) is 5.81. The van der Waals surface area contributed by atoms with Crippen LogP contribution >= 0.6 is 0 Å². The molecule has 114 valence electrons. The first kappa shape index (κ1) is 17.2. The molecule has 0 heterocycles. The zero-order chi connectivity index (χ0) is 15.1. The van der Waals surface area contributed by atoms with Crippen molar-refractivity contribution in [2.75, 3.05) is 6.54 Å². The van der Waals surface area contributed by atoms with Crippen molar-refractivity contribution < 1.29 is 4.39 Å². The monoisotopic (exact) mass is 279 g/mol. The Morgan fingerprint density at radius 2 is 1.70 bits per heavy atom. The smallest absolute Gasteiger partial charge is 0.129 e. The summed E-state index contributed by atoms with van der Waals surface area (Å²) in [5.41, 5.74) is 2.76. The van der Waals surface area contributed by atoms with Crippen LogP contribution in [-0.4, -0.2) is 6.54 Å². The lowest BCUT2D eigenvalue weighted by Gasteiger charge is -2.28. The molecule has 20 heavy (non-hydrogen) atoms. The van der Waals surface area contributed by atoms with Crippen LogP contribution in [0.4, 0.5) is 4.39 Å². The lowest BCUT2D eigenvalue weighted by atomic mass is 9.85. The van der Waals surface area contributed by atoms with Crippen LogP contribution in [-0.2, 0) is 0 Å². The average Bonchev–Trinajstić information content (AvgIpc) is 2.43. The molecule has 0 aromatic heterocycles. The highest BCUT2D eigenvalue weighted by molar-refractivity contribution is 5.32. The van der Waals surface area contributed by atoms with Crippen LogP contribution in [0.15, 0.2) is 12.1 Å². The fourth-order valence-electron chi connectivity index (χ4n) is 3.01. The molecule has 0 bridgehead atoms. The van der Waals surface area contributed by atoms with Gasteiger partial charge in [-0.05, 0) is 49.4 Å². The zero-order valence-electron chi connectivity index (χ0n) is 13.7. The van der Waals surface area contributed by atoms with Gasteiger partial charge in [-0.3, -0.25) is 0 Å². The summed E-state index contributed by atoms with van der Waals surface area (Å²) in [4.78, 5) is 0. The van der Waals surface area contributed by atoms with Gasteiger partial charge in [-0.25, -0.2) is 4.39 Å². The molecule has 2 heteroatoms. The number of unbranched alkanes of at least 4 members (excludes halogenated alkanes) is 1. The summed E-state index contributed by atoms with van der Waals surface area (Å²) in [6.45, 7) is 11.3. The van der Waals surface area contributed by atoms with Crippen molar-refractivity contribution in [1.82, 2.24) is 5.32 Å². The summed E-state index contributed by atoms with van der Waals surface area (Å²) in [7, 11) is 0. The maximum atomic E-state index is 13.8. The molecule has 2 unspecified atom stereocenters. The minimum Gasteiger partial charge on any atom is -0.310 e. The van der Waals surface area contributed by atoms with E-state index < -0.39 is 0 Å². The molecule has 0 aliphatic carbocycles. The lowest BCUT2D eigenvalue weighted by molar-refractivity contribution is 0.327. The first-order chi connectivity index (χ1) is 9.54. The number of aryl methyl sites for hydroxylation is 2. The molecule has 2 atom stereocenters. The molecule has 1 N–H and O–H groups in total. The maximum Gasteiger partial charge on any atom is 0.129 e. The molecular weight excluding hydrogens is 249 g/mol. The van der Waals surface area contributed by atoms with E-state index in [4.69, 9.17) is 0 Å². The molecular formula is C18H30FN. The van der Waals surface area contributed by atoms with Gasteiger partial charge in [0.2, 0.25) is 0 Å². The van der Waals surface area contributed by atoms with Gasteiger partial charge in [0.25, 0.3) is 0 Å². The highest BCUT2D eigenvalue weighted by atomic mass is 19.1. The molecule has 0 radical (unpaired) electrons. The van der Waals surface area contributed by atoms with E-state index in [1.165, 1.54) is 24.8 Å². The first-order valence-electron chi connectivity index (χ1n) is 8.05. The van der Waals surface area contributed by atoms with Gasteiger partial charge in [0, 0.05) is 6.04 Å². The van der Waals surface area contributed by atoms with E-state index in [1.807, 2.05) is 26.0 Å². The van der Waals surface area contributed by atoms with Crippen LogP contribution in [0.5, 0.6) is 0 Å². The highest BCUT2D eigenvalue weighted by Crippen LogP contribution is 2.31. The van der Waals surface area contributed by atoms with Crippen LogP contribution in [0, 0.1) is 25.6 Å². The fraction of sp³-hybridized carbons (Fsp3) is 0.667. The number of hydrogen-bond acceptors (Lipinski definition) is 1. The van der Waals surface area contributed by atoms with Crippen molar-refractivity contribution in [3.63, 3.8) is 0 Å². The van der Waals surface area contributed by atoms with Gasteiger partial charge in [-0.2, -0.15) is 0 Å². The molecule has 1 aromatic rings. The van der Waals surface area contributed by atoms with Gasteiger partial charge in [0.1, 0.15) is 5.82 Å². The van der Waals surface area contributed by atoms with Crippen molar-refractivity contribution in [3.8, 4) is 0 Å². The Kier molecular flexibility index (Phi) is 7.22. The summed E-state index contributed by atoms with van der Waals surface area (Å²) in [5, 5.41) is 3.61. The number of halogens is 1. The van der Waals surface area contributed by atoms with Crippen molar-refractivity contribution in [2.24, 2.45) is 5.92 Å². The largest absolute Gasteiger partial charge is 0.310 e. The maximum absolute atomic E-state index is 13.8. The van der Waals surface area contributed by atoms with E-state index >= 15 is 0 Å². The van der Waals surface area contributed by atoms with Gasteiger partial charge in [-0.1, -0.05) is 52.2 Å². The van der Waals surface area contributed by atoms with Crippen molar-refractivity contribution >= 4 is 0 Å². The molecule has 1 nitrogen and oxygen atoms in total. The van der Waals surface area contributed by atoms with Crippen LogP contribution < -0.4 is 5.32 Å². The molecule has 0 spiro atoms. The Hall–Kier alpha value is -0.890. The highest BCUT2D eigenvalue weighted by Gasteiger charge is 2.21. The average molecular weight is 279 g/mol. The standard InChI is InChI=1S/C18H30FN/c1-6-9-10-15(7-2)18(20-8-3)16-11-13(4)17(19)14(5)12-16/h11-12,15,18,20H,6-10H2,1-5H3. The van der Waals surface area contributed by atoms with Crippen molar-refractivity contribution in [1.29, 1.82) is 0 Å². The summed E-state index contributed by atoms with van der Waals surface area (Å²) in [6, 6.07) is 4.38. The minimum atomic E-state index is -0.0643. The first-order valence-corrected chi connectivity index (χ1v) is 8.05. The Morgan fingerprint density at radius 3 is 2.15 bits per heavy atom. The second-order valence-corrected chi connectivity index (χ2v) is 5.81. The van der Waals surface area contributed by atoms with E-state index in [0.29, 0.717) is 12.0 Å². The quantitative estimate of drug-likeness (QED) is 0.680. The fourth-order valence-corrected chi connectivity index (χ4v) is 3.01. The van der Waals surface area contributed by atoms with E-state index in [1.54, 1.807) is 0 Å². The van der Waals surface area contributed by atoms with Gasteiger partial charge >= 0.3 is 0 Å². The van der Waals surface area contributed by atoms with E-state index in [9.17, 15) is 4.39 Å². The number of rotatable bonds is 8. The molecule has 1 aromatic carbocycles. The molecule has 0 amide bonds. The zero-order valence-corrected chi connectivity index (χ0v) is 13.7. The molecule has 0 aliphatic heterocycles. The number of nitrogens with one attached hydrogen (secondary N) is 1. The summed E-state index contributed by atoms with van der Waals surface area (Å²) in [6.07, 6.45) is 4.89. The Morgan fingerprint density at radius 1 is 1.10 bits per heavy atom. The Balaban J connectivity index is 3.05. The molecule has 1 rings (SSSR count). The third-order valence-electron chi connectivity index (χ3n) is 4.17. The van der Waals surface area contributed by atoms with E-state index in [-0.39, 0.29) is 5.82 Å².